The lowest BCUT2D eigenvalue weighted by Crippen LogP contribution is -2.41. The fourth-order valence-electron chi connectivity index (χ4n) is 2.85. The molecule has 8 heteroatoms. The van der Waals surface area contributed by atoms with Crippen LogP contribution >= 0.6 is 36.2 Å². The van der Waals surface area contributed by atoms with Crippen LogP contribution in [0.5, 0.6) is 0 Å². The van der Waals surface area contributed by atoms with Gasteiger partial charge in [-0.25, -0.2) is 9.37 Å². The molecule has 3 N–H and O–H groups in total. The summed E-state index contributed by atoms with van der Waals surface area (Å²) in [4.78, 5) is 16.6. The molecule has 0 bridgehead atoms. The number of nitrogens with one attached hydrogen (secondary N) is 1. The van der Waals surface area contributed by atoms with E-state index in [-0.39, 0.29) is 55.0 Å². The lowest BCUT2D eigenvalue weighted by Gasteiger charge is -2.26. The van der Waals surface area contributed by atoms with E-state index in [0.29, 0.717) is 0 Å². The van der Waals surface area contributed by atoms with E-state index >= 15 is 0 Å². The highest BCUT2D eigenvalue weighted by Gasteiger charge is 2.20. The molecule has 0 spiro atoms. The van der Waals surface area contributed by atoms with E-state index in [9.17, 15) is 9.18 Å². The molecule has 1 fully saturated rings. The topological polar surface area (TPSA) is 68.0 Å². The normalized spacial score (nSPS) is 19.4. The Morgan fingerprint density at radius 2 is 2.00 bits per heavy atom. The molecule has 4 nitrogen and oxygen atoms in total. The van der Waals surface area contributed by atoms with Gasteiger partial charge in [0.05, 0.1) is 12.1 Å². The minimum atomic E-state index is -0.285. The van der Waals surface area contributed by atoms with E-state index in [1.54, 1.807) is 6.07 Å². The van der Waals surface area contributed by atoms with Crippen LogP contribution in [0.3, 0.4) is 0 Å². The molecule has 3 rings (SSSR count). The first-order valence-electron chi connectivity index (χ1n) is 7.85. The Hall–Kier alpha value is -1.21. The highest BCUT2D eigenvalue weighted by molar-refractivity contribution is 7.13. The number of aromatic nitrogens is 1. The van der Waals surface area contributed by atoms with Crippen molar-refractivity contribution in [2.45, 2.75) is 44.2 Å². The zero-order chi connectivity index (χ0) is 16.2. The Morgan fingerprint density at radius 1 is 1.28 bits per heavy atom. The van der Waals surface area contributed by atoms with E-state index in [1.165, 1.54) is 23.5 Å². The van der Waals surface area contributed by atoms with Gasteiger partial charge in [-0.2, -0.15) is 0 Å². The third-order valence-electron chi connectivity index (χ3n) is 4.10. The Morgan fingerprint density at radius 3 is 2.68 bits per heavy atom. The molecule has 1 heterocycles. The van der Waals surface area contributed by atoms with Gasteiger partial charge in [0, 0.05) is 23.0 Å². The Balaban J connectivity index is 0.00000156. The number of nitrogens with zero attached hydrogens (tertiary/aromatic N) is 1. The summed E-state index contributed by atoms with van der Waals surface area (Å²) in [7, 11) is 0. The molecular weight excluding hydrogens is 384 g/mol. The molecule has 1 amide bonds. The summed E-state index contributed by atoms with van der Waals surface area (Å²) in [6.45, 7) is 0. The maximum absolute atomic E-state index is 13.3. The lowest BCUT2D eigenvalue weighted by atomic mass is 9.92. The second kappa shape index (κ2) is 10.1. The van der Waals surface area contributed by atoms with E-state index < -0.39 is 0 Å². The molecule has 0 unspecified atom stereocenters. The minimum absolute atomic E-state index is 0. The molecule has 0 aliphatic heterocycles. The van der Waals surface area contributed by atoms with Crippen molar-refractivity contribution in [3.63, 3.8) is 0 Å². The summed E-state index contributed by atoms with van der Waals surface area (Å²) in [5, 5.41) is 5.65. The second-order valence-electron chi connectivity index (χ2n) is 6.01. The molecular formula is C17H22Cl2FN3OS. The van der Waals surface area contributed by atoms with Gasteiger partial charge in [0.25, 0.3) is 0 Å². The van der Waals surface area contributed by atoms with Crippen LogP contribution in [0.15, 0.2) is 29.6 Å². The predicted molar refractivity (Wildman–Crippen MR) is 104 cm³/mol. The number of nitrogens with two attached hydrogens (primary N) is 1. The van der Waals surface area contributed by atoms with Crippen LogP contribution in [0.1, 0.15) is 31.4 Å². The van der Waals surface area contributed by atoms with Crippen molar-refractivity contribution < 1.29 is 9.18 Å². The van der Waals surface area contributed by atoms with Crippen molar-refractivity contribution in [2.75, 3.05) is 0 Å². The molecule has 0 atom stereocenters. The summed E-state index contributed by atoms with van der Waals surface area (Å²) in [5.74, 6) is -0.297. The quantitative estimate of drug-likeness (QED) is 0.813. The van der Waals surface area contributed by atoms with Crippen molar-refractivity contribution >= 4 is 42.1 Å². The number of halogens is 3. The van der Waals surface area contributed by atoms with Crippen molar-refractivity contribution in [1.29, 1.82) is 0 Å². The molecule has 25 heavy (non-hydrogen) atoms. The molecule has 0 saturated heterocycles. The number of carbonyl (C=O) groups is 1. The van der Waals surface area contributed by atoms with Gasteiger partial charge in [0.2, 0.25) is 5.91 Å². The monoisotopic (exact) mass is 405 g/mol. The minimum Gasteiger partial charge on any atom is -0.353 e. The first kappa shape index (κ1) is 21.8. The summed E-state index contributed by atoms with van der Waals surface area (Å²) in [6.07, 6.45) is 4.07. The Labute approximate surface area is 163 Å². The van der Waals surface area contributed by atoms with Gasteiger partial charge < -0.3 is 11.1 Å². The van der Waals surface area contributed by atoms with Gasteiger partial charge in [-0.3, -0.25) is 4.79 Å². The van der Waals surface area contributed by atoms with Gasteiger partial charge in [-0.1, -0.05) is 12.1 Å². The standard InChI is InChI=1S/C17H20FN3OS.2ClH/c18-12-3-1-2-11(8-12)17-21-15(10-23-17)9-16(22)20-14-6-4-13(19)5-7-14;;/h1-3,8,10,13-14H,4-7,9,19H2,(H,20,22);2*1H. The van der Waals surface area contributed by atoms with Gasteiger partial charge in [0.15, 0.2) is 0 Å². The van der Waals surface area contributed by atoms with Crippen LogP contribution in [0.4, 0.5) is 4.39 Å². The van der Waals surface area contributed by atoms with Crippen molar-refractivity contribution in [1.82, 2.24) is 10.3 Å². The van der Waals surface area contributed by atoms with Crippen molar-refractivity contribution in [3.05, 3.63) is 41.2 Å². The lowest BCUT2D eigenvalue weighted by molar-refractivity contribution is -0.121. The summed E-state index contributed by atoms with van der Waals surface area (Å²) < 4.78 is 13.3. The predicted octanol–water partition coefficient (Wildman–Crippen LogP) is 3.72. The van der Waals surface area contributed by atoms with E-state index in [0.717, 1.165) is 41.9 Å². The average Bonchev–Trinajstić information content (AvgIpc) is 2.98. The van der Waals surface area contributed by atoms with Crippen LogP contribution in [-0.2, 0) is 11.2 Å². The Bertz CT molecular complexity index is 690. The molecule has 1 aliphatic carbocycles. The molecule has 138 valence electrons. The SMILES string of the molecule is Cl.Cl.NC1CCC(NC(=O)Cc2csc(-c3cccc(F)c3)n2)CC1. The third-order valence-corrected chi connectivity index (χ3v) is 5.04. The largest absolute Gasteiger partial charge is 0.353 e. The molecule has 1 aromatic heterocycles. The van der Waals surface area contributed by atoms with Crippen molar-refractivity contribution in [3.8, 4) is 10.6 Å². The van der Waals surface area contributed by atoms with E-state index in [4.69, 9.17) is 5.73 Å². The van der Waals surface area contributed by atoms with Crippen LogP contribution in [0.2, 0.25) is 0 Å². The fourth-order valence-corrected chi connectivity index (χ4v) is 3.67. The summed E-state index contributed by atoms with van der Waals surface area (Å²) in [6, 6.07) is 6.83. The van der Waals surface area contributed by atoms with Crippen molar-refractivity contribution in [2.24, 2.45) is 5.73 Å². The second-order valence-corrected chi connectivity index (χ2v) is 6.87. The first-order chi connectivity index (χ1) is 11.1. The van der Waals surface area contributed by atoms with Gasteiger partial charge in [0.1, 0.15) is 10.8 Å². The molecule has 0 radical (unpaired) electrons. The number of benzene rings is 1. The average molecular weight is 406 g/mol. The van der Waals surface area contributed by atoms with Gasteiger partial charge in [-0.15, -0.1) is 36.2 Å². The third kappa shape index (κ3) is 6.22. The van der Waals surface area contributed by atoms with E-state index in [1.807, 2.05) is 11.4 Å². The van der Waals surface area contributed by atoms with Gasteiger partial charge in [-0.05, 0) is 37.8 Å². The smallest absolute Gasteiger partial charge is 0.226 e. The maximum Gasteiger partial charge on any atom is 0.226 e. The molecule has 2 aromatic rings. The summed E-state index contributed by atoms with van der Waals surface area (Å²) >= 11 is 1.43. The number of thiazole rings is 1. The number of hydrogen-bond acceptors (Lipinski definition) is 4. The molecule has 1 aliphatic rings. The van der Waals surface area contributed by atoms with Crippen LogP contribution in [0, 0.1) is 5.82 Å². The maximum atomic E-state index is 13.3. The highest BCUT2D eigenvalue weighted by Crippen LogP contribution is 2.24. The zero-order valence-electron chi connectivity index (χ0n) is 13.6. The molecule has 1 saturated carbocycles. The van der Waals surface area contributed by atoms with Crippen LogP contribution in [0.25, 0.3) is 10.6 Å². The van der Waals surface area contributed by atoms with Crippen LogP contribution in [-0.4, -0.2) is 23.0 Å². The first-order valence-corrected chi connectivity index (χ1v) is 8.73. The zero-order valence-corrected chi connectivity index (χ0v) is 16.1. The highest BCUT2D eigenvalue weighted by atomic mass is 35.5. The van der Waals surface area contributed by atoms with Crippen LogP contribution < -0.4 is 11.1 Å². The fraction of sp³-hybridized carbons (Fsp3) is 0.412. The molecule has 1 aromatic carbocycles. The number of hydrogen-bond donors (Lipinski definition) is 2. The number of carbonyl (C=O) groups excluding carboxylic acids is 1. The Kier molecular flexibility index (Phi) is 8.79. The van der Waals surface area contributed by atoms with Gasteiger partial charge >= 0.3 is 0 Å². The summed E-state index contributed by atoms with van der Waals surface area (Å²) in [5.41, 5.74) is 7.33. The number of amides is 1. The number of rotatable bonds is 4. The van der Waals surface area contributed by atoms with E-state index in [2.05, 4.69) is 10.3 Å².